The SMILES string of the molecule is CCc1ccccn1.CNCc1nc2cccc(N3CCN(C)CC3)n2c1CO. The van der Waals surface area contributed by atoms with E-state index in [1.165, 1.54) is 0 Å². The molecule has 1 aliphatic rings. The number of imidazole rings is 1. The van der Waals surface area contributed by atoms with Gasteiger partial charge in [0.2, 0.25) is 0 Å². The van der Waals surface area contributed by atoms with E-state index in [9.17, 15) is 5.11 Å². The predicted molar refractivity (Wildman–Crippen MR) is 117 cm³/mol. The van der Waals surface area contributed by atoms with Crippen LogP contribution < -0.4 is 10.2 Å². The van der Waals surface area contributed by atoms with Gasteiger partial charge in [0.25, 0.3) is 0 Å². The van der Waals surface area contributed by atoms with E-state index in [2.05, 4.69) is 49.5 Å². The molecule has 0 radical (unpaired) electrons. The van der Waals surface area contributed by atoms with Crippen LogP contribution in [0.4, 0.5) is 5.82 Å². The summed E-state index contributed by atoms with van der Waals surface area (Å²) in [5, 5.41) is 12.9. The zero-order valence-corrected chi connectivity index (χ0v) is 17.7. The molecule has 0 aromatic carbocycles. The summed E-state index contributed by atoms with van der Waals surface area (Å²) in [5.41, 5.74) is 3.86. The molecular formula is C22H32N6O. The summed E-state index contributed by atoms with van der Waals surface area (Å²) in [6.45, 7) is 6.89. The van der Waals surface area contributed by atoms with Crippen LogP contribution in [0.1, 0.15) is 24.0 Å². The molecule has 0 bridgehead atoms. The number of hydrogen-bond acceptors (Lipinski definition) is 6. The van der Waals surface area contributed by atoms with E-state index in [0.29, 0.717) is 6.54 Å². The fourth-order valence-electron chi connectivity index (χ4n) is 3.54. The standard InChI is InChI=1S/C15H23N5O.C7H9N/c1-16-10-12-13(11-21)20-14(17-12)4-3-5-15(20)19-8-6-18(2)7-9-19;1-2-7-5-3-4-6-8-7/h3-5,16,21H,6-11H2,1-2H3;3-6H,2H2,1H3. The number of nitrogens with zero attached hydrogens (tertiary/aromatic N) is 5. The quantitative estimate of drug-likeness (QED) is 0.687. The minimum absolute atomic E-state index is 0.00291. The minimum atomic E-state index is 0.00291. The van der Waals surface area contributed by atoms with Crippen LogP contribution in [0.15, 0.2) is 42.6 Å². The molecule has 29 heavy (non-hydrogen) atoms. The van der Waals surface area contributed by atoms with Crippen LogP contribution in [0.25, 0.3) is 5.65 Å². The van der Waals surface area contributed by atoms with E-state index in [1.807, 2.05) is 43.6 Å². The normalized spacial score (nSPS) is 14.7. The summed E-state index contributed by atoms with van der Waals surface area (Å²) in [4.78, 5) is 13.5. The number of anilines is 1. The lowest BCUT2D eigenvalue weighted by Gasteiger charge is -2.34. The molecule has 0 amide bonds. The number of piperazine rings is 1. The van der Waals surface area contributed by atoms with Gasteiger partial charge in [-0.2, -0.15) is 0 Å². The average molecular weight is 397 g/mol. The Balaban J connectivity index is 0.000000252. The zero-order valence-electron chi connectivity index (χ0n) is 17.7. The second-order valence-electron chi connectivity index (χ2n) is 7.24. The van der Waals surface area contributed by atoms with Gasteiger partial charge in [0, 0.05) is 44.6 Å². The average Bonchev–Trinajstić information content (AvgIpc) is 3.13. The molecule has 0 saturated carbocycles. The molecule has 0 atom stereocenters. The summed E-state index contributed by atoms with van der Waals surface area (Å²) < 4.78 is 2.10. The van der Waals surface area contributed by atoms with Gasteiger partial charge in [-0.1, -0.05) is 19.1 Å². The molecule has 3 aromatic heterocycles. The molecule has 3 aromatic rings. The molecule has 2 N–H and O–H groups in total. The summed E-state index contributed by atoms with van der Waals surface area (Å²) in [6, 6.07) is 12.1. The van der Waals surface area contributed by atoms with Crippen LogP contribution in [0.3, 0.4) is 0 Å². The van der Waals surface area contributed by atoms with Crippen LogP contribution in [-0.2, 0) is 19.6 Å². The molecule has 1 saturated heterocycles. The van der Waals surface area contributed by atoms with Gasteiger partial charge >= 0.3 is 0 Å². The van der Waals surface area contributed by atoms with Crippen molar-refractivity contribution in [1.29, 1.82) is 0 Å². The molecule has 7 heteroatoms. The number of aliphatic hydroxyl groups excluding tert-OH is 1. The molecule has 0 spiro atoms. The van der Waals surface area contributed by atoms with Crippen molar-refractivity contribution in [2.45, 2.75) is 26.5 Å². The number of rotatable bonds is 5. The number of hydrogen-bond donors (Lipinski definition) is 2. The zero-order chi connectivity index (χ0) is 20.6. The second kappa shape index (κ2) is 10.3. The lowest BCUT2D eigenvalue weighted by atomic mass is 10.3. The van der Waals surface area contributed by atoms with Gasteiger partial charge < -0.3 is 20.2 Å². The molecule has 4 rings (SSSR count). The van der Waals surface area contributed by atoms with E-state index < -0.39 is 0 Å². The molecule has 0 aliphatic carbocycles. The largest absolute Gasteiger partial charge is 0.390 e. The lowest BCUT2D eigenvalue weighted by Crippen LogP contribution is -2.45. The first-order valence-corrected chi connectivity index (χ1v) is 10.3. The third-order valence-corrected chi connectivity index (χ3v) is 5.21. The molecule has 4 heterocycles. The first-order valence-electron chi connectivity index (χ1n) is 10.3. The van der Waals surface area contributed by atoms with Crippen molar-refractivity contribution in [3.05, 3.63) is 59.7 Å². The smallest absolute Gasteiger partial charge is 0.138 e. The van der Waals surface area contributed by atoms with Crippen LogP contribution in [-0.4, -0.2) is 64.6 Å². The Labute approximate surface area is 173 Å². The molecule has 1 aliphatic heterocycles. The highest BCUT2D eigenvalue weighted by Gasteiger charge is 2.19. The Kier molecular flexibility index (Phi) is 7.57. The third-order valence-electron chi connectivity index (χ3n) is 5.21. The van der Waals surface area contributed by atoms with Crippen molar-refractivity contribution >= 4 is 11.5 Å². The summed E-state index contributed by atoms with van der Waals surface area (Å²) in [5.74, 6) is 1.12. The fourth-order valence-corrected chi connectivity index (χ4v) is 3.54. The van der Waals surface area contributed by atoms with Crippen molar-refractivity contribution in [3.63, 3.8) is 0 Å². The summed E-state index contributed by atoms with van der Waals surface area (Å²) in [6.07, 6.45) is 2.85. The van der Waals surface area contributed by atoms with Crippen LogP contribution >= 0.6 is 0 Å². The Bertz CT molecular complexity index is 887. The van der Waals surface area contributed by atoms with Crippen molar-refractivity contribution in [3.8, 4) is 0 Å². The van der Waals surface area contributed by atoms with E-state index in [-0.39, 0.29) is 6.61 Å². The third kappa shape index (κ3) is 5.12. The monoisotopic (exact) mass is 396 g/mol. The number of nitrogens with one attached hydrogen (secondary N) is 1. The highest BCUT2D eigenvalue weighted by molar-refractivity contribution is 5.55. The highest BCUT2D eigenvalue weighted by atomic mass is 16.3. The van der Waals surface area contributed by atoms with E-state index in [1.54, 1.807) is 0 Å². The number of likely N-dealkylation sites (N-methyl/N-ethyl adjacent to an activating group) is 1. The lowest BCUT2D eigenvalue weighted by molar-refractivity contribution is 0.273. The van der Waals surface area contributed by atoms with Gasteiger partial charge in [0.15, 0.2) is 0 Å². The molecule has 7 nitrogen and oxygen atoms in total. The molecule has 1 fully saturated rings. The molecule has 0 unspecified atom stereocenters. The summed E-state index contributed by atoms with van der Waals surface area (Å²) in [7, 11) is 4.05. The van der Waals surface area contributed by atoms with E-state index in [0.717, 1.165) is 61.1 Å². The molecule has 156 valence electrons. The van der Waals surface area contributed by atoms with Crippen LogP contribution in [0.5, 0.6) is 0 Å². The van der Waals surface area contributed by atoms with Crippen LogP contribution in [0.2, 0.25) is 0 Å². The Morgan fingerprint density at radius 3 is 2.45 bits per heavy atom. The van der Waals surface area contributed by atoms with Crippen molar-refractivity contribution in [2.75, 3.05) is 45.2 Å². The topological polar surface area (TPSA) is 68.9 Å². The fraction of sp³-hybridized carbons (Fsp3) is 0.455. The van der Waals surface area contributed by atoms with Gasteiger partial charge in [0.1, 0.15) is 11.5 Å². The second-order valence-corrected chi connectivity index (χ2v) is 7.24. The van der Waals surface area contributed by atoms with Crippen molar-refractivity contribution in [2.24, 2.45) is 0 Å². The number of aromatic nitrogens is 3. The number of pyridine rings is 2. The van der Waals surface area contributed by atoms with Crippen LogP contribution in [0, 0.1) is 0 Å². The number of aryl methyl sites for hydroxylation is 1. The summed E-state index contributed by atoms with van der Waals surface area (Å²) >= 11 is 0. The van der Waals surface area contributed by atoms with Gasteiger partial charge in [-0.3, -0.25) is 9.38 Å². The Morgan fingerprint density at radius 1 is 1.07 bits per heavy atom. The maximum absolute atomic E-state index is 9.78. The van der Waals surface area contributed by atoms with Crippen molar-refractivity contribution < 1.29 is 5.11 Å². The Morgan fingerprint density at radius 2 is 1.86 bits per heavy atom. The van der Waals surface area contributed by atoms with Crippen molar-refractivity contribution in [1.82, 2.24) is 24.6 Å². The Hall–Kier alpha value is -2.48. The van der Waals surface area contributed by atoms with Gasteiger partial charge in [-0.05, 0) is 44.8 Å². The van der Waals surface area contributed by atoms with E-state index in [4.69, 9.17) is 0 Å². The van der Waals surface area contributed by atoms with E-state index >= 15 is 0 Å². The van der Waals surface area contributed by atoms with Gasteiger partial charge in [0.05, 0.1) is 18.0 Å². The maximum Gasteiger partial charge on any atom is 0.138 e. The number of aliphatic hydroxyl groups is 1. The minimum Gasteiger partial charge on any atom is -0.390 e. The number of fused-ring (bicyclic) bond motifs is 1. The first kappa shape index (κ1) is 21.2. The highest BCUT2D eigenvalue weighted by Crippen LogP contribution is 2.23. The van der Waals surface area contributed by atoms with Gasteiger partial charge in [-0.25, -0.2) is 4.98 Å². The van der Waals surface area contributed by atoms with Gasteiger partial charge in [-0.15, -0.1) is 0 Å². The molecular weight excluding hydrogens is 364 g/mol. The maximum atomic E-state index is 9.78. The predicted octanol–water partition coefficient (Wildman–Crippen LogP) is 1.94. The first-order chi connectivity index (χ1) is 14.2.